The normalized spacial score (nSPS) is 14.8. The fourth-order valence-electron chi connectivity index (χ4n) is 3.37. The standard InChI is InChI=1S/C19H25N3O2S/c1-4-22(16-8-6-5-7-9-16)18(24)12-25-19-15(11-20)10-17(14(3)23)13(2)21-19/h10,16H,4-9,12H2,1-3H3. The number of carbonyl (C=O) groups is 2. The van der Waals surface area contributed by atoms with Gasteiger partial charge < -0.3 is 4.90 Å². The monoisotopic (exact) mass is 359 g/mol. The number of ketones is 1. The number of thioether (sulfide) groups is 1. The fourth-order valence-corrected chi connectivity index (χ4v) is 4.26. The van der Waals surface area contributed by atoms with Crippen LogP contribution in [0.4, 0.5) is 0 Å². The van der Waals surface area contributed by atoms with Crippen molar-refractivity contribution in [3.05, 3.63) is 22.9 Å². The average Bonchev–Trinajstić information content (AvgIpc) is 2.61. The van der Waals surface area contributed by atoms with Gasteiger partial charge in [-0.2, -0.15) is 5.26 Å². The lowest BCUT2D eigenvalue weighted by Crippen LogP contribution is -2.42. The SMILES string of the molecule is CCN(C(=O)CSc1nc(C)c(C(C)=O)cc1C#N)C1CCCCC1. The van der Waals surface area contributed by atoms with Crippen LogP contribution < -0.4 is 0 Å². The van der Waals surface area contributed by atoms with E-state index in [1.54, 1.807) is 13.0 Å². The van der Waals surface area contributed by atoms with E-state index in [4.69, 9.17) is 0 Å². The molecule has 1 saturated carbocycles. The number of pyridine rings is 1. The Balaban J connectivity index is 2.09. The van der Waals surface area contributed by atoms with Crippen molar-refractivity contribution < 1.29 is 9.59 Å². The van der Waals surface area contributed by atoms with E-state index in [9.17, 15) is 14.9 Å². The van der Waals surface area contributed by atoms with Crippen LogP contribution in [0.1, 0.15) is 67.6 Å². The van der Waals surface area contributed by atoms with Gasteiger partial charge in [0.15, 0.2) is 5.78 Å². The largest absolute Gasteiger partial charge is 0.339 e. The zero-order valence-electron chi connectivity index (χ0n) is 15.2. The summed E-state index contributed by atoms with van der Waals surface area (Å²) in [6, 6.07) is 4.01. The van der Waals surface area contributed by atoms with Crippen LogP contribution in [0.15, 0.2) is 11.1 Å². The smallest absolute Gasteiger partial charge is 0.233 e. The fraction of sp³-hybridized carbons (Fsp3) is 0.579. The van der Waals surface area contributed by atoms with Crippen molar-refractivity contribution in [3.63, 3.8) is 0 Å². The van der Waals surface area contributed by atoms with Crippen LogP contribution in [0.5, 0.6) is 0 Å². The van der Waals surface area contributed by atoms with Gasteiger partial charge in [-0.15, -0.1) is 0 Å². The summed E-state index contributed by atoms with van der Waals surface area (Å²) in [4.78, 5) is 30.6. The first-order valence-electron chi connectivity index (χ1n) is 8.82. The van der Waals surface area contributed by atoms with Gasteiger partial charge in [-0.25, -0.2) is 4.98 Å². The van der Waals surface area contributed by atoms with Gasteiger partial charge in [-0.1, -0.05) is 31.0 Å². The highest BCUT2D eigenvalue weighted by Crippen LogP contribution is 2.26. The van der Waals surface area contributed by atoms with Crippen LogP contribution in [0, 0.1) is 18.3 Å². The Hall–Kier alpha value is -1.87. The number of carbonyl (C=O) groups excluding carboxylic acids is 2. The molecular formula is C19H25N3O2S. The highest BCUT2D eigenvalue weighted by atomic mass is 32.2. The zero-order valence-corrected chi connectivity index (χ0v) is 16.0. The summed E-state index contributed by atoms with van der Waals surface area (Å²) in [5.41, 5.74) is 1.42. The Bertz CT molecular complexity index is 691. The molecule has 1 aliphatic rings. The lowest BCUT2D eigenvalue weighted by molar-refractivity contribution is -0.131. The summed E-state index contributed by atoms with van der Waals surface area (Å²) in [6.07, 6.45) is 5.80. The molecule has 1 heterocycles. The van der Waals surface area contributed by atoms with Crippen LogP contribution >= 0.6 is 11.8 Å². The van der Waals surface area contributed by atoms with E-state index in [1.807, 2.05) is 11.8 Å². The van der Waals surface area contributed by atoms with E-state index in [1.165, 1.54) is 37.9 Å². The minimum absolute atomic E-state index is 0.0957. The molecule has 1 fully saturated rings. The van der Waals surface area contributed by atoms with E-state index in [0.717, 1.165) is 12.8 Å². The van der Waals surface area contributed by atoms with Crippen molar-refractivity contribution in [2.24, 2.45) is 0 Å². The Morgan fingerprint density at radius 3 is 2.60 bits per heavy atom. The second kappa shape index (κ2) is 9.00. The Morgan fingerprint density at radius 2 is 2.04 bits per heavy atom. The van der Waals surface area contributed by atoms with Gasteiger partial charge in [0.2, 0.25) is 5.91 Å². The van der Waals surface area contributed by atoms with Crippen LogP contribution in [0.2, 0.25) is 0 Å². The number of hydrogen-bond donors (Lipinski definition) is 0. The van der Waals surface area contributed by atoms with E-state index in [-0.39, 0.29) is 17.4 Å². The third-order valence-electron chi connectivity index (χ3n) is 4.69. The predicted octanol–water partition coefficient (Wildman–Crippen LogP) is 3.74. The predicted molar refractivity (Wildman–Crippen MR) is 98.7 cm³/mol. The molecular weight excluding hydrogens is 334 g/mol. The lowest BCUT2D eigenvalue weighted by Gasteiger charge is -2.33. The molecule has 6 heteroatoms. The summed E-state index contributed by atoms with van der Waals surface area (Å²) >= 11 is 1.29. The van der Waals surface area contributed by atoms with E-state index in [2.05, 4.69) is 11.1 Å². The lowest BCUT2D eigenvalue weighted by atomic mass is 9.94. The number of nitrogens with zero attached hydrogens (tertiary/aromatic N) is 3. The van der Waals surface area contributed by atoms with E-state index < -0.39 is 0 Å². The summed E-state index contributed by atoms with van der Waals surface area (Å²) in [7, 11) is 0. The number of hydrogen-bond acceptors (Lipinski definition) is 5. The van der Waals surface area contributed by atoms with Crippen molar-refractivity contribution in [1.82, 2.24) is 9.88 Å². The van der Waals surface area contributed by atoms with Crippen molar-refractivity contribution in [1.29, 1.82) is 5.26 Å². The molecule has 134 valence electrons. The van der Waals surface area contributed by atoms with E-state index >= 15 is 0 Å². The quantitative estimate of drug-likeness (QED) is 0.571. The molecule has 0 unspecified atom stereocenters. The van der Waals surface area contributed by atoms with Gasteiger partial charge >= 0.3 is 0 Å². The Morgan fingerprint density at radius 1 is 1.36 bits per heavy atom. The van der Waals surface area contributed by atoms with Gasteiger partial charge in [-0.3, -0.25) is 9.59 Å². The second-order valence-corrected chi connectivity index (χ2v) is 7.37. The van der Waals surface area contributed by atoms with Crippen LogP contribution in [-0.4, -0.2) is 39.9 Å². The summed E-state index contributed by atoms with van der Waals surface area (Å²) < 4.78 is 0. The minimum atomic E-state index is -0.108. The van der Waals surface area contributed by atoms with Crippen LogP contribution in [-0.2, 0) is 4.79 Å². The Labute approximate surface area is 153 Å². The molecule has 1 aromatic heterocycles. The highest BCUT2D eigenvalue weighted by molar-refractivity contribution is 8.00. The number of aryl methyl sites for hydroxylation is 1. The van der Waals surface area contributed by atoms with Crippen LogP contribution in [0.3, 0.4) is 0 Å². The molecule has 0 bridgehead atoms. The second-order valence-electron chi connectivity index (χ2n) is 6.40. The molecule has 0 N–H and O–H groups in total. The zero-order chi connectivity index (χ0) is 18.4. The molecule has 5 nitrogen and oxygen atoms in total. The first-order chi connectivity index (χ1) is 12.0. The molecule has 1 aromatic rings. The van der Waals surface area contributed by atoms with Gasteiger partial charge in [0, 0.05) is 23.8 Å². The molecule has 0 aromatic carbocycles. The molecule has 1 aliphatic carbocycles. The number of nitriles is 1. The van der Waals surface area contributed by atoms with Gasteiger partial charge in [0.1, 0.15) is 11.1 Å². The highest BCUT2D eigenvalue weighted by Gasteiger charge is 2.24. The third kappa shape index (κ3) is 4.82. The first-order valence-corrected chi connectivity index (χ1v) is 9.81. The first kappa shape index (κ1) is 19.5. The van der Waals surface area contributed by atoms with E-state index in [0.29, 0.717) is 34.4 Å². The molecule has 2 rings (SSSR count). The van der Waals surface area contributed by atoms with Gasteiger partial charge in [0.25, 0.3) is 0 Å². The van der Waals surface area contributed by atoms with Crippen molar-refractivity contribution in [3.8, 4) is 6.07 Å². The molecule has 0 saturated heterocycles. The molecule has 1 amide bonds. The summed E-state index contributed by atoms with van der Waals surface area (Å²) in [5, 5.41) is 9.86. The maximum atomic E-state index is 12.6. The van der Waals surface area contributed by atoms with Gasteiger partial charge in [-0.05, 0) is 39.7 Å². The van der Waals surface area contributed by atoms with Crippen LogP contribution in [0.25, 0.3) is 0 Å². The molecule has 25 heavy (non-hydrogen) atoms. The Kier molecular flexibility index (Phi) is 7.01. The van der Waals surface area contributed by atoms with Crippen molar-refractivity contribution in [2.45, 2.75) is 63.9 Å². The molecule has 0 atom stereocenters. The molecule has 0 aliphatic heterocycles. The topological polar surface area (TPSA) is 74.1 Å². The maximum absolute atomic E-state index is 12.6. The van der Waals surface area contributed by atoms with Crippen molar-refractivity contribution in [2.75, 3.05) is 12.3 Å². The summed E-state index contributed by atoms with van der Waals surface area (Å²) in [6.45, 7) is 5.95. The number of rotatable bonds is 6. The summed E-state index contributed by atoms with van der Waals surface area (Å²) in [5.74, 6) is 0.257. The molecule has 0 radical (unpaired) electrons. The van der Waals surface area contributed by atoms with Gasteiger partial charge in [0.05, 0.1) is 11.3 Å². The number of Topliss-reactive ketones (excluding diaryl/α,β-unsaturated/α-hetero) is 1. The number of amides is 1. The molecule has 0 spiro atoms. The minimum Gasteiger partial charge on any atom is -0.339 e. The maximum Gasteiger partial charge on any atom is 0.233 e. The average molecular weight is 359 g/mol. The van der Waals surface area contributed by atoms with Crippen molar-refractivity contribution >= 4 is 23.5 Å². The number of aromatic nitrogens is 1. The third-order valence-corrected chi connectivity index (χ3v) is 5.66.